The van der Waals surface area contributed by atoms with Crippen LogP contribution in [-0.2, 0) is 9.53 Å². The van der Waals surface area contributed by atoms with E-state index in [0.29, 0.717) is 13.0 Å². The highest BCUT2D eigenvalue weighted by atomic mass is 16.5. The summed E-state index contributed by atoms with van der Waals surface area (Å²) in [4.78, 5) is 10.3. The molecule has 0 amide bonds. The summed E-state index contributed by atoms with van der Waals surface area (Å²) in [7, 11) is 1.33. The number of ether oxygens (including phenoxy) is 1. The van der Waals surface area contributed by atoms with E-state index in [9.17, 15) is 4.79 Å². The number of rotatable bonds is 4. The first-order chi connectivity index (χ1) is 4.31. The van der Waals surface area contributed by atoms with E-state index in [1.54, 1.807) is 0 Å². The fourth-order valence-corrected chi connectivity index (χ4v) is 0.372. The smallest absolute Gasteiger partial charge is 0.306 e. The van der Waals surface area contributed by atoms with E-state index in [2.05, 4.69) is 10.1 Å². The molecule has 4 heteroatoms. The standard InChI is InChI=1S/C5H11NO3/c1-9-5(8)2-3-6-4-7/h6-7H,2-4H2,1H3. The Morgan fingerprint density at radius 1 is 1.78 bits per heavy atom. The maximum Gasteiger partial charge on any atom is 0.306 e. The number of esters is 1. The quantitative estimate of drug-likeness (QED) is 0.296. The predicted octanol–water partition coefficient (Wildman–Crippen LogP) is -0.911. The molecule has 0 saturated carbocycles. The minimum absolute atomic E-state index is 0.100. The lowest BCUT2D eigenvalue weighted by Gasteiger charge is -1.97. The summed E-state index contributed by atoms with van der Waals surface area (Å²) in [5.74, 6) is -0.268. The Bertz CT molecular complexity index is 84.3. The van der Waals surface area contributed by atoms with Crippen LogP contribution in [-0.4, -0.2) is 31.5 Å². The molecule has 0 bridgehead atoms. The van der Waals surface area contributed by atoms with Crippen molar-refractivity contribution in [2.75, 3.05) is 20.4 Å². The SMILES string of the molecule is COC(=O)CCNCO. The van der Waals surface area contributed by atoms with Gasteiger partial charge in [-0.1, -0.05) is 0 Å². The van der Waals surface area contributed by atoms with Gasteiger partial charge in [0.2, 0.25) is 0 Å². The second-order valence-electron chi connectivity index (χ2n) is 1.48. The molecule has 9 heavy (non-hydrogen) atoms. The molecule has 0 fully saturated rings. The van der Waals surface area contributed by atoms with Crippen molar-refractivity contribution in [2.24, 2.45) is 0 Å². The molecular formula is C5H11NO3. The molecular weight excluding hydrogens is 122 g/mol. The van der Waals surface area contributed by atoms with Crippen molar-refractivity contribution in [1.82, 2.24) is 5.32 Å². The number of aliphatic hydroxyl groups excluding tert-OH is 1. The number of methoxy groups -OCH3 is 1. The molecule has 4 nitrogen and oxygen atoms in total. The zero-order valence-corrected chi connectivity index (χ0v) is 5.39. The van der Waals surface area contributed by atoms with Gasteiger partial charge >= 0.3 is 5.97 Å². The minimum Gasteiger partial charge on any atom is -0.469 e. The molecule has 0 aliphatic heterocycles. The zero-order chi connectivity index (χ0) is 7.11. The first kappa shape index (κ1) is 8.39. The Kier molecular flexibility index (Phi) is 5.15. The van der Waals surface area contributed by atoms with Crippen LogP contribution in [0.1, 0.15) is 6.42 Å². The van der Waals surface area contributed by atoms with Crippen molar-refractivity contribution in [1.29, 1.82) is 0 Å². The molecule has 54 valence electrons. The van der Waals surface area contributed by atoms with E-state index < -0.39 is 0 Å². The average molecular weight is 133 g/mol. The van der Waals surface area contributed by atoms with E-state index in [1.807, 2.05) is 0 Å². The maximum atomic E-state index is 10.3. The maximum absolute atomic E-state index is 10.3. The third-order valence-corrected chi connectivity index (χ3v) is 0.845. The van der Waals surface area contributed by atoms with E-state index in [-0.39, 0.29) is 12.7 Å². The molecule has 0 aromatic rings. The number of aliphatic hydroxyl groups is 1. The normalized spacial score (nSPS) is 9.11. The van der Waals surface area contributed by atoms with Gasteiger partial charge in [-0.15, -0.1) is 0 Å². The van der Waals surface area contributed by atoms with Gasteiger partial charge in [0, 0.05) is 6.54 Å². The van der Waals surface area contributed by atoms with Gasteiger partial charge in [0.25, 0.3) is 0 Å². The zero-order valence-electron chi connectivity index (χ0n) is 5.39. The molecule has 0 aliphatic carbocycles. The predicted molar refractivity (Wildman–Crippen MR) is 31.7 cm³/mol. The summed E-state index contributed by atoms with van der Waals surface area (Å²) in [6.45, 7) is 0.361. The Morgan fingerprint density at radius 3 is 2.89 bits per heavy atom. The monoisotopic (exact) mass is 133 g/mol. The van der Waals surface area contributed by atoms with E-state index >= 15 is 0 Å². The summed E-state index contributed by atoms with van der Waals surface area (Å²) in [6, 6.07) is 0. The molecule has 0 heterocycles. The van der Waals surface area contributed by atoms with Gasteiger partial charge in [-0.2, -0.15) is 0 Å². The van der Waals surface area contributed by atoms with Crippen molar-refractivity contribution in [3.05, 3.63) is 0 Å². The lowest BCUT2D eigenvalue weighted by atomic mass is 10.4. The van der Waals surface area contributed by atoms with Crippen LogP contribution in [0.4, 0.5) is 0 Å². The largest absolute Gasteiger partial charge is 0.469 e. The number of hydrogen-bond donors (Lipinski definition) is 2. The molecule has 2 N–H and O–H groups in total. The topological polar surface area (TPSA) is 58.6 Å². The Labute approximate surface area is 53.8 Å². The van der Waals surface area contributed by atoms with Crippen molar-refractivity contribution in [3.8, 4) is 0 Å². The number of carbonyl (C=O) groups excluding carboxylic acids is 1. The van der Waals surface area contributed by atoms with E-state index in [1.165, 1.54) is 7.11 Å². The highest BCUT2D eigenvalue weighted by molar-refractivity contribution is 5.69. The van der Waals surface area contributed by atoms with Crippen LogP contribution < -0.4 is 5.32 Å². The first-order valence-electron chi connectivity index (χ1n) is 2.69. The van der Waals surface area contributed by atoms with Crippen LogP contribution in [0.15, 0.2) is 0 Å². The van der Waals surface area contributed by atoms with Crippen LogP contribution in [0.25, 0.3) is 0 Å². The van der Waals surface area contributed by atoms with E-state index in [4.69, 9.17) is 5.11 Å². The van der Waals surface area contributed by atoms with Gasteiger partial charge in [0.1, 0.15) is 0 Å². The Balaban J connectivity index is 2.97. The van der Waals surface area contributed by atoms with Gasteiger partial charge in [-0.25, -0.2) is 0 Å². The number of carbonyl (C=O) groups is 1. The fraction of sp³-hybridized carbons (Fsp3) is 0.800. The van der Waals surface area contributed by atoms with Crippen LogP contribution in [0.3, 0.4) is 0 Å². The molecule has 0 aromatic heterocycles. The lowest BCUT2D eigenvalue weighted by Crippen LogP contribution is -2.19. The fourth-order valence-electron chi connectivity index (χ4n) is 0.372. The second-order valence-corrected chi connectivity index (χ2v) is 1.48. The molecule has 0 spiro atoms. The lowest BCUT2D eigenvalue weighted by molar-refractivity contribution is -0.140. The molecule has 0 rings (SSSR count). The van der Waals surface area contributed by atoms with Gasteiger partial charge in [0.15, 0.2) is 0 Å². The summed E-state index contributed by atoms with van der Waals surface area (Å²) in [6.07, 6.45) is 0.303. The Hall–Kier alpha value is -0.610. The summed E-state index contributed by atoms with van der Waals surface area (Å²) >= 11 is 0. The summed E-state index contributed by atoms with van der Waals surface area (Å²) in [5.41, 5.74) is 0. The van der Waals surface area contributed by atoms with Crippen molar-refractivity contribution >= 4 is 5.97 Å². The molecule has 0 aliphatic rings. The van der Waals surface area contributed by atoms with E-state index in [0.717, 1.165) is 0 Å². The number of hydrogen-bond acceptors (Lipinski definition) is 4. The van der Waals surface area contributed by atoms with Crippen LogP contribution in [0, 0.1) is 0 Å². The summed E-state index contributed by atoms with van der Waals surface area (Å²) in [5, 5.41) is 10.8. The number of nitrogens with one attached hydrogen (secondary N) is 1. The minimum atomic E-state index is -0.268. The third kappa shape index (κ3) is 5.26. The van der Waals surface area contributed by atoms with Gasteiger partial charge in [-0.05, 0) is 0 Å². The molecule has 0 saturated heterocycles. The van der Waals surface area contributed by atoms with Gasteiger partial charge in [-0.3, -0.25) is 10.1 Å². The van der Waals surface area contributed by atoms with Crippen molar-refractivity contribution in [3.63, 3.8) is 0 Å². The highest BCUT2D eigenvalue weighted by Crippen LogP contribution is 1.79. The summed E-state index contributed by atoms with van der Waals surface area (Å²) < 4.78 is 4.34. The third-order valence-electron chi connectivity index (χ3n) is 0.845. The van der Waals surface area contributed by atoms with Gasteiger partial charge < -0.3 is 9.84 Å². The molecule has 0 aromatic carbocycles. The molecule has 0 radical (unpaired) electrons. The first-order valence-corrected chi connectivity index (χ1v) is 2.69. The highest BCUT2D eigenvalue weighted by Gasteiger charge is 1.96. The van der Waals surface area contributed by atoms with Crippen LogP contribution in [0.2, 0.25) is 0 Å². The Morgan fingerprint density at radius 2 is 2.44 bits per heavy atom. The second kappa shape index (κ2) is 5.53. The van der Waals surface area contributed by atoms with Crippen molar-refractivity contribution in [2.45, 2.75) is 6.42 Å². The van der Waals surface area contributed by atoms with Crippen LogP contribution >= 0.6 is 0 Å². The van der Waals surface area contributed by atoms with Gasteiger partial charge in [0.05, 0.1) is 20.3 Å². The van der Waals surface area contributed by atoms with Crippen LogP contribution in [0.5, 0.6) is 0 Å². The van der Waals surface area contributed by atoms with Crippen molar-refractivity contribution < 1.29 is 14.6 Å². The molecule has 0 unspecified atom stereocenters. The average Bonchev–Trinajstić information content (AvgIpc) is 1.89. The molecule has 0 atom stereocenters.